The van der Waals surface area contributed by atoms with Gasteiger partial charge in [-0.25, -0.2) is 4.98 Å². The minimum absolute atomic E-state index is 0. The summed E-state index contributed by atoms with van der Waals surface area (Å²) in [7, 11) is 0. The van der Waals surface area contributed by atoms with Crippen LogP contribution in [0.1, 0.15) is 29.6 Å². The molecule has 2 fully saturated rings. The minimum atomic E-state index is 0. The quantitative estimate of drug-likeness (QED) is 0.722. The summed E-state index contributed by atoms with van der Waals surface area (Å²) in [5.74, 6) is 0.838. The number of hydrogen-bond acceptors (Lipinski definition) is 5. The topological polar surface area (TPSA) is 60.5 Å². The van der Waals surface area contributed by atoms with Gasteiger partial charge in [0.2, 0.25) is 0 Å². The first-order valence-electron chi connectivity index (χ1n) is 8.76. The number of nitrogens with zero attached hydrogens (tertiary/aromatic N) is 3. The van der Waals surface area contributed by atoms with E-state index in [0.29, 0.717) is 5.56 Å². The van der Waals surface area contributed by atoms with Crippen LogP contribution in [0.25, 0.3) is 0 Å². The number of pyridine rings is 1. The van der Waals surface area contributed by atoms with Crippen molar-refractivity contribution in [2.24, 2.45) is 0 Å². The molecule has 0 atom stereocenters. The molecule has 142 valence electrons. The summed E-state index contributed by atoms with van der Waals surface area (Å²) in [5.41, 5.74) is 0.705. The van der Waals surface area contributed by atoms with Gasteiger partial charge in [-0.15, -0.1) is 24.8 Å². The molecule has 2 aliphatic heterocycles. The van der Waals surface area contributed by atoms with Gasteiger partial charge in [0, 0.05) is 52.0 Å². The Morgan fingerprint density at radius 2 is 1.88 bits per heavy atom. The number of amides is 1. The first kappa shape index (κ1) is 22.0. The summed E-state index contributed by atoms with van der Waals surface area (Å²) in [5, 5.41) is 6.41. The van der Waals surface area contributed by atoms with Gasteiger partial charge in [0.1, 0.15) is 5.82 Å². The molecule has 2 saturated heterocycles. The molecule has 2 N–H and O–H groups in total. The maximum Gasteiger partial charge on any atom is 0.255 e. The van der Waals surface area contributed by atoms with Gasteiger partial charge in [-0.2, -0.15) is 0 Å². The van der Waals surface area contributed by atoms with Crippen molar-refractivity contribution in [2.75, 3.05) is 57.3 Å². The zero-order valence-electron chi connectivity index (χ0n) is 14.6. The zero-order chi connectivity index (χ0) is 15.9. The van der Waals surface area contributed by atoms with Gasteiger partial charge >= 0.3 is 0 Å². The van der Waals surface area contributed by atoms with Crippen LogP contribution >= 0.6 is 24.8 Å². The number of aromatic nitrogens is 1. The summed E-state index contributed by atoms with van der Waals surface area (Å²) < 4.78 is 0. The molecular weight excluding hydrogens is 361 g/mol. The third-order valence-electron chi connectivity index (χ3n) is 4.58. The normalized spacial score (nSPS) is 17.5. The molecule has 0 bridgehead atoms. The molecule has 8 heteroatoms. The van der Waals surface area contributed by atoms with Crippen molar-refractivity contribution in [3.63, 3.8) is 0 Å². The molecule has 6 nitrogen and oxygen atoms in total. The van der Waals surface area contributed by atoms with E-state index in [0.717, 1.165) is 64.6 Å². The van der Waals surface area contributed by atoms with Crippen LogP contribution in [0.2, 0.25) is 0 Å². The van der Waals surface area contributed by atoms with Crippen LogP contribution < -0.4 is 15.5 Å². The summed E-state index contributed by atoms with van der Waals surface area (Å²) in [6.07, 6.45) is 5.13. The standard InChI is InChI=1S/C17H27N5O.2ClH/c23-17(20-7-4-10-21-13-8-18-9-14-21)15-5-3-6-19-16(15)22-11-1-2-12-22;;/h3,5-6,18H,1-2,4,7-14H2,(H,20,23);2*1H. The SMILES string of the molecule is Cl.Cl.O=C(NCCCN1CCNCC1)c1cccnc1N1CCCC1. The van der Waals surface area contributed by atoms with Crippen molar-refractivity contribution in [3.05, 3.63) is 23.9 Å². The maximum atomic E-state index is 12.5. The second kappa shape index (κ2) is 11.5. The van der Waals surface area contributed by atoms with Crippen LogP contribution in [-0.2, 0) is 0 Å². The lowest BCUT2D eigenvalue weighted by molar-refractivity contribution is 0.0951. The molecule has 2 aliphatic rings. The molecule has 0 spiro atoms. The number of halogens is 2. The van der Waals surface area contributed by atoms with Crippen LogP contribution in [-0.4, -0.2) is 68.1 Å². The molecule has 0 aromatic carbocycles. The van der Waals surface area contributed by atoms with Gasteiger partial charge in [0.05, 0.1) is 5.56 Å². The second-order valence-corrected chi connectivity index (χ2v) is 6.27. The Hall–Kier alpha value is -1.08. The largest absolute Gasteiger partial charge is 0.356 e. The highest BCUT2D eigenvalue weighted by atomic mass is 35.5. The monoisotopic (exact) mass is 389 g/mol. The van der Waals surface area contributed by atoms with Crippen molar-refractivity contribution in [1.82, 2.24) is 20.5 Å². The Bertz CT molecular complexity index is 520. The molecule has 3 rings (SSSR count). The van der Waals surface area contributed by atoms with Gasteiger partial charge in [-0.1, -0.05) is 0 Å². The lowest BCUT2D eigenvalue weighted by Crippen LogP contribution is -2.44. The Labute approximate surface area is 162 Å². The number of carbonyl (C=O) groups is 1. The van der Waals surface area contributed by atoms with Crippen molar-refractivity contribution in [1.29, 1.82) is 0 Å². The molecule has 25 heavy (non-hydrogen) atoms. The predicted octanol–water partition coefficient (Wildman–Crippen LogP) is 1.55. The summed E-state index contributed by atoms with van der Waals surface area (Å²) in [6.45, 7) is 8.12. The van der Waals surface area contributed by atoms with E-state index in [1.54, 1.807) is 6.20 Å². The van der Waals surface area contributed by atoms with Gasteiger partial charge in [-0.3, -0.25) is 4.79 Å². The third-order valence-corrected chi connectivity index (χ3v) is 4.58. The van der Waals surface area contributed by atoms with Gasteiger partial charge in [0.15, 0.2) is 0 Å². The number of nitrogens with one attached hydrogen (secondary N) is 2. The summed E-state index contributed by atoms with van der Waals surface area (Å²) in [6, 6.07) is 3.72. The fraction of sp³-hybridized carbons (Fsp3) is 0.647. The molecule has 3 heterocycles. The Morgan fingerprint density at radius 3 is 2.60 bits per heavy atom. The van der Waals surface area contributed by atoms with E-state index in [1.165, 1.54) is 12.8 Å². The fourth-order valence-corrected chi connectivity index (χ4v) is 3.29. The maximum absolute atomic E-state index is 12.5. The molecule has 1 aromatic heterocycles. The van der Waals surface area contributed by atoms with Crippen LogP contribution in [0.4, 0.5) is 5.82 Å². The number of carbonyl (C=O) groups excluding carboxylic acids is 1. The minimum Gasteiger partial charge on any atom is -0.356 e. The molecule has 0 saturated carbocycles. The van der Waals surface area contributed by atoms with Crippen molar-refractivity contribution in [2.45, 2.75) is 19.3 Å². The van der Waals surface area contributed by atoms with E-state index >= 15 is 0 Å². The average molecular weight is 390 g/mol. The lowest BCUT2D eigenvalue weighted by atomic mass is 10.2. The van der Waals surface area contributed by atoms with Crippen LogP contribution in [0.15, 0.2) is 18.3 Å². The Balaban J connectivity index is 0.00000156. The third kappa shape index (κ3) is 6.29. The van der Waals surface area contributed by atoms with Crippen molar-refractivity contribution < 1.29 is 4.79 Å². The van der Waals surface area contributed by atoms with E-state index in [2.05, 4.69) is 25.4 Å². The number of anilines is 1. The fourth-order valence-electron chi connectivity index (χ4n) is 3.29. The molecule has 0 unspecified atom stereocenters. The second-order valence-electron chi connectivity index (χ2n) is 6.27. The van der Waals surface area contributed by atoms with Crippen LogP contribution in [0.3, 0.4) is 0 Å². The zero-order valence-corrected chi connectivity index (χ0v) is 16.2. The first-order chi connectivity index (χ1) is 11.3. The van der Waals surface area contributed by atoms with E-state index in [4.69, 9.17) is 0 Å². The molecule has 0 aliphatic carbocycles. The van der Waals surface area contributed by atoms with E-state index in [-0.39, 0.29) is 30.7 Å². The molecule has 1 aromatic rings. The van der Waals surface area contributed by atoms with Crippen molar-refractivity contribution in [3.8, 4) is 0 Å². The molecular formula is C17H29Cl2N5O. The number of piperazine rings is 1. The van der Waals surface area contributed by atoms with Gasteiger partial charge < -0.3 is 20.4 Å². The Kier molecular flexibility index (Phi) is 10.1. The van der Waals surface area contributed by atoms with Crippen LogP contribution in [0.5, 0.6) is 0 Å². The summed E-state index contributed by atoms with van der Waals surface area (Å²) >= 11 is 0. The highest BCUT2D eigenvalue weighted by molar-refractivity contribution is 5.98. The van der Waals surface area contributed by atoms with E-state index in [1.807, 2.05) is 12.1 Å². The smallest absolute Gasteiger partial charge is 0.255 e. The van der Waals surface area contributed by atoms with Gasteiger partial charge in [-0.05, 0) is 37.9 Å². The van der Waals surface area contributed by atoms with Crippen molar-refractivity contribution >= 4 is 36.5 Å². The molecule has 0 radical (unpaired) electrons. The number of hydrogen-bond donors (Lipinski definition) is 2. The molecule has 1 amide bonds. The average Bonchev–Trinajstić information content (AvgIpc) is 3.14. The first-order valence-corrected chi connectivity index (χ1v) is 8.76. The van der Waals surface area contributed by atoms with E-state index in [9.17, 15) is 4.79 Å². The van der Waals surface area contributed by atoms with Crippen LogP contribution in [0, 0.1) is 0 Å². The van der Waals surface area contributed by atoms with E-state index < -0.39 is 0 Å². The number of rotatable bonds is 6. The Morgan fingerprint density at radius 1 is 1.16 bits per heavy atom. The predicted molar refractivity (Wildman–Crippen MR) is 106 cm³/mol. The lowest BCUT2D eigenvalue weighted by Gasteiger charge is -2.27. The van der Waals surface area contributed by atoms with Gasteiger partial charge in [0.25, 0.3) is 5.91 Å². The highest BCUT2D eigenvalue weighted by Crippen LogP contribution is 2.21. The highest BCUT2D eigenvalue weighted by Gasteiger charge is 2.20. The summed E-state index contributed by atoms with van der Waals surface area (Å²) in [4.78, 5) is 21.6.